The van der Waals surface area contributed by atoms with Gasteiger partial charge in [-0.05, 0) is 12.2 Å². The standard InChI is InChI=1S/C9H17N3OS/c1-12-4-3-10-8(12)11-6-9(13)2-5-14-7-9/h13H,2-7H2,1H3,(H,10,11). The Bertz CT molecular complexity index is 238. The van der Waals surface area contributed by atoms with Crippen molar-refractivity contribution in [3.8, 4) is 0 Å². The Balaban J connectivity index is 1.81. The van der Waals surface area contributed by atoms with E-state index in [-0.39, 0.29) is 0 Å². The predicted molar refractivity (Wildman–Crippen MR) is 59.8 cm³/mol. The van der Waals surface area contributed by atoms with E-state index in [1.807, 2.05) is 18.8 Å². The number of rotatable bonds is 2. The third-order valence-corrected chi connectivity index (χ3v) is 3.95. The zero-order chi connectivity index (χ0) is 10.0. The van der Waals surface area contributed by atoms with Gasteiger partial charge in [-0.3, -0.25) is 4.99 Å². The Hall–Kier alpha value is -0.420. The molecule has 2 heterocycles. The first-order chi connectivity index (χ1) is 6.70. The maximum absolute atomic E-state index is 10.1. The fraction of sp³-hybridized carbons (Fsp3) is 0.889. The van der Waals surface area contributed by atoms with Gasteiger partial charge < -0.3 is 15.3 Å². The van der Waals surface area contributed by atoms with Crippen molar-refractivity contribution in [2.24, 2.45) is 4.99 Å². The maximum atomic E-state index is 10.1. The summed E-state index contributed by atoms with van der Waals surface area (Å²) in [5.41, 5.74) is -0.517. The van der Waals surface area contributed by atoms with Crippen molar-refractivity contribution >= 4 is 17.7 Å². The van der Waals surface area contributed by atoms with Crippen LogP contribution in [-0.2, 0) is 0 Å². The normalized spacial score (nSPS) is 32.1. The molecule has 80 valence electrons. The molecule has 2 aliphatic heterocycles. The molecule has 0 aromatic carbocycles. The van der Waals surface area contributed by atoms with E-state index < -0.39 is 5.60 Å². The number of thioether (sulfide) groups is 1. The number of hydrogen-bond acceptors (Lipinski definition) is 5. The van der Waals surface area contributed by atoms with Crippen LogP contribution in [0.5, 0.6) is 0 Å². The summed E-state index contributed by atoms with van der Waals surface area (Å²) in [7, 11) is 2.02. The number of aliphatic imine (C=N–C) groups is 1. The molecule has 5 heteroatoms. The molecule has 1 atom stereocenters. The molecule has 1 unspecified atom stereocenters. The van der Waals surface area contributed by atoms with Crippen LogP contribution in [0.25, 0.3) is 0 Å². The van der Waals surface area contributed by atoms with Crippen molar-refractivity contribution in [1.29, 1.82) is 0 Å². The second kappa shape index (κ2) is 3.98. The van der Waals surface area contributed by atoms with Gasteiger partial charge in [0.15, 0.2) is 5.96 Å². The van der Waals surface area contributed by atoms with Crippen LogP contribution >= 0.6 is 11.8 Å². The molecule has 14 heavy (non-hydrogen) atoms. The van der Waals surface area contributed by atoms with Crippen LogP contribution in [0.15, 0.2) is 4.99 Å². The van der Waals surface area contributed by atoms with Gasteiger partial charge >= 0.3 is 0 Å². The van der Waals surface area contributed by atoms with E-state index >= 15 is 0 Å². The van der Waals surface area contributed by atoms with Gasteiger partial charge in [0.05, 0.1) is 12.1 Å². The van der Waals surface area contributed by atoms with E-state index in [1.165, 1.54) is 0 Å². The average Bonchev–Trinajstić information content (AvgIpc) is 2.73. The van der Waals surface area contributed by atoms with Crippen molar-refractivity contribution in [2.75, 3.05) is 38.2 Å². The molecule has 0 aromatic heterocycles. The lowest BCUT2D eigenvalue weighted by Crippen LogP contribution is -2.46. The zero-order valence-corrected chi connectivity index (χ0v) is 9.31. The lowest BCUT2D eigenvalue weighted by Gasteiger charge is -2.24. The Morgan fingerprint density at radius 3 is 3.14 bits per heavy atom. The quantitative estimate of drug-likeness (QED) is 0.666. The van der Waals surface area contributed by atoms with Gasteiger partial charge in [0, 0.05) is 25.9 Å². The second-order valence-electron chi connectivity index (χ2n) is 4.01. The van der Waals surface area contributed by atoms with Crippen LogP contribution in [0.1, 0.15) is 6.42 Å². The minimum atomic E-state index is -0.517. The van der Waals surface area contributed by atoms with Crippen LogP contribution in [0.4, 0.5) is 0 Å². The second-order valence-corrected chi connectivity index (χ2v) is 5.11. The van der Waals surface area contributed by atoms with Gasteiger partial charge in [-0.15, -0.1) is 0 Å². The number of aliphatic hydroxyl groups is 1. The summed E-state index contributed by atoms with van der Waals surface area (Å²) in [4.78, 5) is 6.41. The van der Waals surface area contributed by atoms with Crippen molar-refractivity contribution < 1.29 is 5.11 Å². The summed E-state index contributed by atoms with van der Waals surface area (Å²) >= 11 is 1.82. The first kappa shape index (κ1) is 10.1. The van der Waals surface area contributed by atoms with E-state index in [2.05, 4.69) is 15.2 Å². The monoisotopic (exact) mass is 215 g/mol. The van der Waals surface area contributed by atoms with Gasteiger partial charge in [0.2, 0.25) is 0 Å². The van der Waals surface area contributed by atoms with Gasteiger partial charge in [0.1, 0.15) is 0 Å². The van der Waals surface area contributed by atoms with Crippen LogP contribution in [0.2, 0.25) is 0 Å². The highest BCUT2D eigenvalue weighted by atomic mass is 32.2. The highest BCUT2D eigenvalue weighted by Crippen LogP contribution is 2.26. The van der Waals surface area contributed by atoms with Gasteiger partial charge in [-0.2, -0.15) is 11.8 Å². The maximum Gasteiger partial charge on any atom is 0.193 e. The van der Waals surface area contributed by atoms with Crippen molar-refractivity contribution in [3.05, 3.63) is 0 Å². The summed E-state index contributed by atoms with van der Waals surface area (Å²) in [6.07, 6.45) is 0.891. The van der Waals surface area contributed by atoms with Crippen molar-refractivity contribution in [3.63, 3.8) is 0 Å². The topological polar surface area (TPSA) is 47.9 Å². The Morgan fingerprint density at radius 2 is 2.57 bits per heavy atom. The lowest BCUT2D eigenvalue weighted by molar-refractivity contribution is 0.0720. The summed E-state index contributed by atoms with van der Waals surface area (Å²) in [5, 5.41) is 13.3. The smallest absolute Gasteiger partial charge is 0.193 e. The Labute approximate surface area is 88.8 Å². The fourth-order valence-corrected chi connectivity index (χ4v) is 3.00. The van der Waals surface area contributed by atoms with Gasteiger partial charge in [0.25, 0.3) is 0 Å². The van der Waals surface area contributed by atoms with Crippen LogP contribution in [0, 0.1) is 0 Å². The summed E-state index contributed by atoms with van der Waals surface area (Å²) < 4.78 is 0. The summed E-state index contributed by atoms with van der Waals surface area (Å²) in [6, 6.07) is 0. The minimum absolute atomic E-state index is 0.517. The molecule has 0 bridgehead atoms. The average molecular weight is 215 g/mol. The molecule has 4 nitrogen and oxygen atoms in total. The zero-order valence-electron chi connectivity index (χ0n) is 8.49. The third-order valence-electron chi connectivity index (χ3n) is 2.72. The number of guanidine groups is 1. The first-order valence-electron chi connectivity index (χ1n) is 4.99. The molecule has 2 aliphatic rings. The molecule has 0 saturated carbocycles. The molecule has 0 spiro atoms. The molecule has 0 aliphatic carbocycles. The number of likely N-dealkylation sites (N-methyl/N-ethyl adjacent to an activating group) is 1. The highest BCUT2D eigenvalue weighted by molar-refractivity contribution is 7.99. The van der Waals surface area contributed by atoms with E-state index in [1.54, 1.807) is 0 Å². The Morgan fingerprint density at radius 1 is 1.71 bits per heavy atom. The first-order valence-corrected chi connectivity index (χ1v) is 6.15. The molecule has 1 saturated heterocycles. The van der Waals surface area contributed by atoms with Gasteiger partial charge in [-0.25, -0.2) is 0 Å². The van der Waals surface area contributed by atoms with Crippen molar-refractivity contribution in [1.82, 2.24) is 10.2 Å². The molecule has 2 N–H and O–H groups in total. The summed E-state index contributed by atoms with van der Waals surface area (Å²) in [5.74, 6) is 2.84. The minimum Gasteiger partial charge on any atom is -0.387 e. The SMILES string of the molecule is CN1CCN=C1NCC1(O)CCSC1. The summed E-state index contributed by atoms with van der Waals surface area (Å²) in [6.45, 7) is 2.48. The van der Waals surface area contributed by atoms with Crippen LogP contribution in [-0.4, -0.2) is 59.8 Å². The number of nitrogens with zero attached hydrogens (tertiary/aromatic N) is 2. The van der Waals surface area contributed by atoms with Crippen LogP contribution < -0.4 is 5.32 Å². The van der Waals surface area contributed by atoms with E-state index in [0.717, 1.165) is 37.0 Å². The van der Waals surface area contributed by atoms with E-state index in [4.69, 9.17) is 0 Å². The molecule has 1 fully saturated rings. The van der Waals surface area contributed by atoms with E-state index in [9.17, 15) is 5.11 Å². The molecule has 0 radical (unpaired) electrons. The fourth-order valence-electron chi connectivity index (χ4n) is 1.70. The van der Waals surface area contributed by atoms with Crippen LogP contribution in [0.3, 0.4) is 0 Å². The molecular weight excluding hydrogens is 198 g/mol. The third kappa shape index (κ3) is 2.15. The molecule has 2 rings (SSSR count). The van der Waals surface area contributed by atoms with E-state index in [0.29, 0.717) is 6.54 Å². The lowest BCUT2D eigenvalue weighted by atomic mass is 10.0. The number of hydrogen-bond donors (Lipinski definition) is 2. The molecule has 0 amide bonds. The molecular formula is C9H17N3OS. The van der Waals surface area contributed by atoms with Gasteiger partial charge in [-0.1, -0.05) is 0 Å². The van der Waals surface area contributed by atoms with Crippen molar-refractivity contribution in [2.45, 2.75) is 12.0 Å². The number of nitrogens with one attached hydrogen (secondary N) is 1. The largest absolute Gasteiger partial charge is 0.387 e. The predicted octanol–water partition coefficient (Wildman–Crippen LogP) is -0.255. The molecule has 0 aromatic rings. The highest BCUT2D eigenvalue weighted by Gasteiger charge is 2.32. The Kier molecular flexibility index (Phi) is 2.88.